The van der Waals surface area contributed by atoms with Crippen LogP contribution >= 0.6 is 0 Å². The lowest BCUT2D eigenvalue weighted by Crippen LogP contribution is -2.51. The van der Waals surface area contributed by atoms with Crippen molar-refractivity contribution in [2.75, 3.05) is 31.6 Å². The Balaban J connectivity index is 2.04. The summed E-state index contributed by atoms with van der Waals surface area (Å²) in [5.74, 6) is -1.12. The molecule has 0 bridgehead atoms. The Bertz CT molecular complexity index is 1420. The Labute approximate surface area is 234 Å². The zero-order valence-corrected chi connectivity index (χ0v) is 23.8. The number of sulfonamides is 1. The maximum atomic E-state index is 14.6. The van der Waals surface area contributed by atoms with Crippen molar-refractivity contribution in [3.05, 3.63) is 84.2 Å². The lowest BCUT2D eigenvalue weighted by molar-refractivity contribution is -0.139. The molecule has 40 heavy (non-hydrogen) atoms. The molecule has 0 saturated heterocycles. The second-order valence-corrected chi connectivity index (χ2v) is 10.8. The van der Waals surface area contributed by atoms with E-state index in [9.17, 15) is 22.4 Å². The first kappa shape index (κ1) is 30.4. The number of ether oxygens (including phenoxy) is 2. The van der Waals surface area contributed by atoms with Crippen LogP contribution in [0.2, 0.25) is 0 Å². The van der Waals surface area contributed by atoms with Gasteiger partial charge in [0.2, 0.25) is 11.8 Å². The summed E-state index contributed by atoms with van der Waals surface area (Å²) in [6.07, 6.45) is 0.686. The van der Waals surface area contributed by atoms with Gasteiger partial charge in [0.05, 0.1) is 24.8 Å². The Morgan fingerprint density at radius 3 is 2.23 bits per heavy atom. The molecule has 0 fully saturated rings. The number of nitrogens with zero attached hydrogens (tertiary/aromatic N) is 2. The third kappa shape index (κ3) is 7.09. The number of methoxy groups -OCH3 is 2. The van der Waals surface area contributed by atoms with E-state index in [4.69, 9.17) is 9.47 Å². The van der Waals surface area contributed by atoms with Gasteiger partial charge >= 0.3 is 0 Å². The number of halogens is 1. The van der Waals surface area contributed by atoms with Crippen LogP contribution in [0.4, 0.5) is 10.1 Å². The quantitative estimate of drug-likeness (QED) is 0.333. The highest BCUT2D eigenvalue weighted by atomic mass is 32.2. The van der Waals surface area contributed by atoms with Crippen LogP contribution in [0.1, 0.15) is 25.8 Å². The molecular formula is C29H34FN3O6S. The van der Waals surface area contributed by atoms with Crippen LogP contribution in [0.3, 0.4) is 0 Å². The molecule has 2 amide bonds. The number of benzene rings is 3. The molecule has 3 aromatic carbocycles. The largest absolute Gasteiger partial charge is 0.493 e. The molecule has 0 aliphatic carbocycles. The highest BCUT2D eigenvalue weighted by Gasteiger charge is 2.33. The molecule has 1 N–H and O–H groups in total. The summed E-state index contributed by atoms with van der Waals surface area (Å²) < 4.78 is 53.9. The van der Waals surface area contributed by atoms with Crippen LogP contribution in [-0.4, -0.2) is 58.5 Å². The number of para-hydroxylation sites is 1. The van der Waals surface area contributed by atoms with Crippen LogP contribution < -0.4 is 19.1 Å². The number of nitrogens with one attached hydrogen (secondary N) is 1. The van der Waals surface area contributed by atoms with Gasteiger partial charge in [0.1, 0.15) is 18.4 Å². The second kappa shape index (κ2) is 13.8. The molecule has 9 nitrogen and oxygen atoms in total. The molecule has 1 unspecified atom stereocenters. The van der Waals surface area contributed by atoms with Crippen molar-refractivity contribution in [2.45, 2.75) is 37.8 Å². The van der Waals surface area contributed by atoms with Gasteiger partial charge in [-0.25, -0.2) is 12.8 Å². The second-order valence-electron chi connectivity index (χ2n) is 8.94. The first-order valence-electron chi connectivity index (χ1n) is 12.7. The van der Waals surface area contributed by atoms with Crippen molar-refractivity contribution in [3.8, 4) is 11.5 Å². The van der Waals surface area contributed by atoms with E-state index in [1.54, 1.807) is 36.4 Å². The highest BCUT2D eigenvalue weighted by molar-refractivity contribution is 7.92. The minimum Gasteiger partial charge on any atom is -0.493 e. The predicted octanol–water partition coefficient (Wildman–Crippen LogP) is 3.98. The molecular weight excluding hydrogens is 537 g/mol. The van der Waals surface area contributed by atoms with Gasteiger partial charge in [-0.05, 0) is 43.7 Å². The van der Waals surface area contributed by atoms with Crippen molar-refractivity contribution in [2.24, 2.45) is 0 Å². The van der Waals surface area contributed by atoms with Crippen molar-refractivity contribution in [3.63, 3.8) is 0 Å². The van der Waals surface area contributed by atoms with E-state index in [0.29, 0.717) is 18.7 Å². The van der Waals surface area contributed by atoms with Gasteiger partial charge in [0, 0.05) is 24.7 Å². The van der Waals surface area contributed by atoms with E-state index >= 15 is 0 Å². The third-order valence-electron chi connectivity index (χ3n) is 6.28. The summed E-state index contributed by atoms with van der Waals surface area (Å²) in [6.45, 7) is 2.95. The lowest BCUT2D eigenvalue weighted by atomic mass is 10.1. The van der Waals surface area contributed by atoms with Crippen molar-refractivity contribution < 1.29 is 31.9 Å². The fourth-order valence-electron chi connectivity index (χ4n) is 4.02. The molecule has 0 saturated carbocycles. The van der Waals surface area contributed by atoms with E-state index in [1.807, 2.05) is 6.92 Å². The number of hydrogen-bond donors (Lipinski definition) is 1. The summed E-state index contributed by atoms with van der Waals surface area (Å²) in [5.41, 5.74) is 0.430. The van der Waals surface area contributed by atoms with E-state index in [-0.39, 0.29) is 28.4 Å². The van der Waals surface area contributed by atoms with Crippen LogP contribution in [0.5, 0.6) is 11.5 Å². The van der Waals surface area contributed by atoms with Gasteiger partial charge in [-0.3, -0.25) is 13.9 Å². The summed E-state index contributed by atoms with van der Waals surface area (Å²) >= 11 is 0. The predicted molar refractivity (Wildman–Crippen MR) is 150 cm³/mol. The topological polar surface area (TPSA) is 105 Å². The Hall–Kier alpha value is -4.12. The Morgan fingerprint density at radius 2 is 1.60 bits per heavy atom. The number of amides is 2. The molecule has 0 spiro atoms. The summed E-state index contributed by atoms with van der Waals surface area (Å²) in [5, 5.41) is 2.75. The molecule has 0 aliphatic heterocycles. The van der Waals surface area contributed by atoms with Crippen LogP contribution in [0.25, 0.3) is 0 Å². The van der Waals surface area contributed by atoms with Gasteiger partial charge in [-0.2, -0.15) is 0 Å². The molecule has 0 aromatic heterocycles. The SMILES string of the molecule is CCCNC(=O)C(C)N(Cc1ccccc1F)C(=O)CN(c1ccccc1)S(=O)(=O)c1ccc(OC)c(OC)c1. The first-order valence-corrected chi connectivity index (χ1v) is 14.2. The van der Waals surface area contributed by atoms with Crippen LogP contribution in [-0.2, 0) is 26.2 Å². The minimum absolute atomic E-state index is 0.129. The summed E-state index contributed by atoms with van der Waals surface area (Å²) in [6, 6.07) is 17.2. The molecule has 0 heterocycles. The smallest absolute Gasteiger partial charge is 0.264 e. The molecule has 214 valence electrons. The average Bonchev–Trinajstić information content (AvgIpc) is 2.97. The van der Waals surface area contributed by atoms with Gasteiger partial charge in [0.15, 0.2) is 11.5 Å². The number of rotatable bonds is 13. The number of anilines is 1. The summed E-state index contributed by atoms with van der Waals surface area (Å²) in [7, 11) is -1.49. The molecule has 3 aromatic rings. The van der Waals surface area contributed by atoms with Gasteiger partial charge in [-0.1, -0.05) is 43.3 Å². The van der Waals surface area contributed by atoms with Crippen LogP contribution in [0, 0.1) is 5.82 Å². The van der Waals surface area contributed by atoms with Crippen LogP contribution in [0.15, 0.2) is 77.7 Å². The zero-order valence-electron chi connectivity index (χ0n) is 23.0. The Morgan fingerprint density at radius 1 is 0.950 bits per heavy atom. The standard InChI is InChI=1S/C29H34FN3O6S/c1-5-17-31-29(35)21(2)32(19-22-11-9-10-14-25(22)30)28(34)20-33(23-12-7-6-8-13-23)40(36,37)24-15-16-26(38-3)27(18-24)39-4/h6-16,18,21H,5,17,19-20H2,1-4H3,(H,31,35). The number of hydrogen-bond acceptors (Lipinski definition) is 6. The van der Waals surface area contributed by atoms with E-state index in [1.165, 1.54) is 62.4 Å². The van der Waals surface area contributed by atoms with Gasteiger partial charge in [-0.15, -0.1) is 0 Å². The third-order valence-corrected chi connectivity index (χ3v) is 8.05. The highest BCUT2D eigenvalue weighted by Crippen LogP contribution is 2.32. The molecule has 0 radical (unpaired) electrons. The molecule has 3 rings (SSSR count). The lowest BCUT2D eigenvalue weighted by Gasteiger charge is -2.32. The molecule has 11 heteroatoms. The zero-order chi connectivity index (χ0) is 29.3. The normalized spacial score (nSPS) is 11.8. The van der Waals surface area contributed by atoms with E-state index < -0.39 is 40.2 Å². The fourth-order valence-corrected chi connectivity index (χ4v) is 5.45. The monoisotopic (exact) mass is 571 g/mol. The van der Waals surface area contributed by atoms with Crippen molar-refractivity contribution >= 4 is 27.5 Å². The van der Waals surface area contributed by atoms with Crippen molar-refractivity contribution in [1.29, 1.82) is 0 Å². The van der Waals surface area contributed by atoms with E-state index in [2.05, 4.69) is 5.32 Å². The van der Waals surface area contributed by atoms with E-state index in [0.717, 1.165) is 4.31 Å². The van der Waals surface area contributed by atoms with Gasteiger partial charge < -0.3 is 19.7 Å². The molecule has 1 atom stereocenters. The fraction of sp³-hybridized carbons (Fsp3) is 0.310. The minimum atomic E-state index is -4.31. The van der Waals surface area contributed by atoms with Gasteiger partial charge in [0.25, 0.3) is 10.0 Å². The van der Waals surface area contributed by atoms with Crippen molar-refractivity contribution in [1.82, 2.24) is 10.2 Å². The number of carbonyl (C=O) groups is 2. The summed E-state index contributed by atoms with van der Waals surface area (Å²) in [4.78, 5) is 27.8. The maximum Gasteiger partial charge on any atom is 0.264 e. The molecule has 0 aliphatic rings. The average molecular weight is 572 g/mol. The first-order chi connectivity index (χ1) is 19.1. The Kier molecular flexibility index (Phi) is 10.5. The number of carbonyl (C=O) groups excluding carboxylic acids is 2. The maximum absolute atomic E-state index is 14.6.